The first-order valence-corrected chi connectivity index (χ1v) is 9.89. The van der Waals surface area contributed by atoms with Gasteiger partial charge >= 0.3 is 12.6 Å². The van der Waals surface area contributed by atoms with Crippen molar-refractivity contribution in [2.45, 2.75) is 6.61 Å². The monoisotopic (exact) mass is 476 g/mol. The summed E-state index contributed by atoms with van der Waals surface area (Å²) in [5.74, 6) is -0.633. The van der Waals surface area contributed by atoms with Crippen molar-refractivity contribution in [3.8, 4) is 5.75 Å². The highest BCUT2D eigenvalue weighted by molar-refractivity contribution is 7.80. The van der Waals surface area contributed by atoms with Gasteiger partial charge < -0.3 is 20.1 Å². The van der Waals surface area contributed by atoms with Crippen LogP contribution in [0.5, 0.6) is 5.75 Å². The molecule has 2 N–H and O–H groups in total. The first-order valence-electron chi connectivity index (χ1n) is 7.91. The summed E-state index contributed by atoms with van der Waals surface area (Å²) in [6.45, 7) is -2.96. The number of halogens is 4. The number of nitrogens with one attached hydrogen (secondary N) is 2. The molecule has 0 aliphatic rings. The number of ether oxygens (including phenoxy) is 2. The van der Waals surface area contributed by atoms with E-state index in [1.165, 1.54) is 36.6 Å². The standard InChI is InChI=1S/C18H12Cl2F2N2O3S2/c1-26-16(25)15-14(20)10-4-2-9(7-13(10)29-15)24-18(28)23-8-3-5-12(11(19)6-8)27-17(21)22/h2-7,17H,1H3,(H2,23,24,28). The first kappa shape index (κ1) is 21.5. The number of carbonyl (C=O) groups is 1. The SMILES string of the molecule is COC(=O)c1sc2cc(NC(=S)Nc3ccc(OC(F)F)c(Cl)c3)ccc2c1Cl. The second-order valence-corrected chi connectivity index (χ2v) is 7.80. The number of fused-ring (bicyclic) bond motifs is 1. The Hall–Kier alpha value is -2.20. The number of thiocarbonyl (C=S) groups is 1. The van der Waals surface area contributed by atoms with Gasteiger partial charge in [-0.2, -0.15) is 8.78 Å². The van der Waals surface area contributed by atoms with Gasteiger partial charge in [0.2, 0.25) is 0 Å². The Morgan fingerprint density at radius 2 is 1.79 bits per heavy atom. The van der Waals surface area contributed by atoms with Crippen LogP contribution in [0.25, 0.3) is 10.1 Å². The second-order valence-electron chi connectivity index (χ2n) is 5.55. The summed E-state index contributed by atoms with van der Waals surface area (Å²) in [5.41, 5.74) is 1.15. The number of benzene rings is 2. The third kappa shape index (κ3) is 5.05. The fraction of sp³-hybridized carbons (Fsp3) is 0.111. The van der Waals surface area contributed by atoms with Crippen LogP contribution in [0.15, 0.2) is 36.4 Å². The fourth-order valence-corrected chi connectivity index (χ4v) is 4.36. The highest BCUT2D eigenvalue weighted by atomic mass is 35.5. The quantitative estimate of drug-likeness (QED) is 0.328. The van der Waals surface area contributed by atoms with E-state index in [1.807, 2.05) is 0 Å². The number of esters is 1. The lowest BCUT2D eigenvalue weighted by Crippen LogP contribution is -2.19. The fourth-order valence-electron chi connectivity index (χ4n) is 2.43. The highest BCUT2D eigenvalue weighted by Gasteiger charge is 2.18. The summed E-state index contributed by atoms with van der Waals surface area (Å²) in [7, 11) is 1.29. The van der Waals surface area contributed by atoms with Crippen LogP contribution >= 0.6 is 46.8 Å². The number of rotatable bonds is 5. The molecule has 2 aromatic carbocycles. The molecule has 11 heteroatoms. The lowest BCUT2D eigenvalue weighted by Gasteiger charge is -2.12. The number of hydrogen-bond acceptors (Lipinski definition) is 5. The minimum atomic E-state index is -2.96. The normalized spacial score (nSPS) is 10.8. The summed E-state index contributed by atoms with van der Waals surface area (Å²) in [4.78, 5) is 12.1. The van der Waals surface area contributed by atoms with Gasteiger partial charge in [-0.05, 0) is 48.6 Å². The van der Waals surface area contributed by atoms with E-state index >= 15 is 0 Å². The Morgan fingerprint density at radius 1 is 1.14 bits per heavy atom. The predicted molar refractivity (Wildman–Crippen MR) is 116 cm³/mol. The summed E-state index contributed by atoms with van der Waals surface area (Å²) in [6, 6.07) is 9.54. The molecule has 0 amide bonds. The van der Waals surface area contributed by atoms with E-state index in [1.54, 1.807) is 18.2 Å². The molecule has 3 rings (SSSR count). The highest BCUT2D eigenvalue weighted by Crippen LogP contribution is 2.37. The lowest BCUT2D eigenvalue weighted by atomic mass is 10.2. The lowest BCUT2D eigenvalue weighted by molar-refractivity contribution is -0.0497. The van der Waals surface area contributed by atoms with Crippen molar-refractivity contribution in [1.82, 2.24) is 0 Å². The number of anilines is 2. The largest absolute Gasteiger partial charge is 0.465 e. The average Bonchev–Trinajstić information content (AvgIpc) is 2.99. The predicted octanol–water partition coefficient (Wildman–Crippen LogP) is 6.41. The average molecular weight is 477 g/mol. The van der Waals surface area contributed by atoms with Crippen LogP contribution in [0.1, 0.15) is 9.67 Å². The molecular formula is C18H12Cl2F2N2O3S2. The van der Waals surface area contributed by atoms with Crippen molar-refractivity contribution in [3.63, 3.8) is 0 Å². The zero-order valence-corrected chi connectivity index (χ0v) is 17.7. The molecule has 0 aliphatic heterocycles. The maximum Gasteiger partial charge on any atom is 0.387 e. The summed E-state index contributed by atoms with van der Waals surface area (Å²) < 4.78 is 34.4. The van der Waals surface area contributed by atoms with E-state index in [2.05, 4.69) is 15.4 Å². The molecule has 0 unspecified atom stereocenters. The summed E-state index contributed by atoms with van der Waals surface area (Å²) in [5, 5.41) is 7.22. The number of carbonyl (C=O) groups excluding carboxylic acids is 1. The van der Waals surface area contributed by atoms with Gasteiger partial charge in [0.15, 0.2) is 5.11 Å². The Bertz CT molecular complexity index is 1090. The topological polar surface area (TPSA) is 59.6 Å². The van der Waals surface area contributed by atoms with E-state index in [-0.39, 0.29) is 15.9 Å². The van der Waals surface area contributed by atoms with E-state index < -0.39 is 12.6 Å². The number of alkyl halides is 2. The van der Waals surface area contributed by atoms with Crippen molar-refractivity contribution < 1.29 is 23.0 Å². The third-order valence-corrected chi connectivity index (χ3v) is 5.80. The number of methoxy groups -OCH3 is 1. The van der Waals surface area contributed by atoms with Crippen LogP contribution < -0.4 is 15.4 Å². The van der Waals surface area contributed by atoms with E-state index in [4.69, 9.17) is 40.2 Å². The molecule has 0 spiro atoms. The van der Waals surface area contributed by atoms with Gasteiger partial charge in [0.25, 0.3) is 0 Å². The maximum absolute atomic E-state index is 12.3. The molecular weight excluding hydrogens is 465 g/mol. The van der Waals surface area contributed by atoms with Gasteiger partial charge in [-0.15, -0.1) is 11.3 Å². The minimum Gasteiger partial charge on any atom is -0.465 e. The van der Waals surface area contributed by atoms with Gasteiger partial charge in [0, 0.05) is 21.5 Å². The molecule has 29 heavy (non-hydrogen) atoms. The van der Waals surface area contributed by atoms with Crippen LogP contribution in [0.4, 0.5) is 20.2 Å². The Labute approximate surface area is 183 Å². The van der Waals surface area contributed by atoms with Gasteiger partial charge in [0.05, 0.1) is 17.2 Å². The number of hydrogen-bond donors (Lipinski definition) is 2. The Balaban J connectivity index is 1.73. The molecule has 152 valence electrons. The minimum absolute atomic E-state index is 0.0167. The molecule has 0 aliphatic carbocycles. The van der Waals surface area contributed by atoms with E-state index in [0.717, 1.165) is 10.1 Å². The third-order valence-electron chi connectivity index (χ3n) is 3.66. The molecule has 0 radical (unpaired) electrons. The van der Waals surface area contributed by atoms with Crippen LogP contribution in [-0.2, 0) is 4.74 Å². The molecule has 3 aromatic rings. The zero-order chi connectivity index (χ0) is 21.1. The molecule has 0 saturated carbocycles. The van der Waals surface area contributed by atoms with Crippen LogP contribution in [0, 0.1) is 0 Å². The van der Waals surface area contributed by atoms with Crippen LogP contribution in [0.2, 0.25) is 10.0 Å². The van der Waals surface area contributed by atoms with Gasteiger partial charge in [-0.25, -0.2) is 4.79 Å². The first-order chi connectivity index (χ1) is 13.8. The van der Waals surface area contributed by atoms with Crippen molar-refractivity contribution in [2.24, 2.45) is 0 Å². The van der Waals surface area contributed by atoms with Crippen LogP contribution in [0.3, 0.4) is 0 Å². The van der Waals surface area contributed by atoms with Crippen molar-refractivity contribution in [2.75, 3.05) is 17.7 Å². The molecule has 0 bridgehead atoms. The van der Waals surface area contributed by atoms with E-state index in [0.29, 0.717) is 21.3 Å². The van der Waals surface area contributed by atoms with Gasteiger partial charge in [-0.1, -0.05) is 23.2 Å². The van der Waals surface area contributed by atoms with Crippen molar-refractivity contribution in [1.29, 1.82) is 0 Å². The van der Waals surface area contributed by atoms with Crippen LogP contribution in [-0.4, -0.2) is 24.8 Å². The summed E-state index contributed by atoms with van der Waals surface area (Å²) in [6.07, 6.45) is 0. The van der Waals surface area contributed by atoms with Crippen molar-refractivity contribution in [3.05, 3.63) is 51.3 Å². The number of thiophene rings is 1. The molecule has 0 fully saturated rings. The molecule has 0 saturated heterocycles. The maximum atomic E-state index is 12.3. The smallest absolute Gasteiger partial charge is 0.387 e. The molecule has 1 aromatic heterocycles. The molecule has 5 nitrogen and oxygen atoms in total. The Morgan fingerprint density at radius 3 is 2.41 bits per heavy atom. The van der Waals surface area contributed by atoms with Crippen molar-refractivity contribution >= 4 is 79.3 Å². The van der Waals surface area contributed by atoms with E-state index in [9.17, 15) is 13.6 Å². The van der Waals surface area contributed by atoms with Gasteiger partial charge in [-0.3, -0.25) is 0 Å². The summed E-state index contributed by atoms with van der Waals surface area (Å²) >= 11 is 18.6. The second kappa shape index (κ2) is 9.08. The van der Waals surface area contributed by atoms with Gasteiger partial charge in [0.1, 0.15) is 10.6 Å². The Kier molecular flexibility index (Phi) is 6.74. The zero-order valence-electron chi connectivity index (χ0n) is 14.6. The molecule has 1 heterocycles. The molecule has 0 atom stereocenters.